The van der Waals surface area contributed by atoms with Crippen molar-refractivity contribution in [1.82, 2.24) is 0 Å². The van der Waals surface area contributed by atoms with E-state index < -0.39 is 5.31 Å². The third kappa shape index (κ3) is 4.11. The number of esters is 1. The Hall–Kier alpha value is -1.96. The van der Waals surface area contributed by atoms with E-state index >= 15 is 0 Å². The van der Waals surface area contributed by atoms with Gasteiger partial charge in [-0.3, -0.25) is 0 Å². The third-order valence-electron chi connectivity index (χ3n) is 5.47. The number of rotatable bonds is 7. The van der Waals surface area contributed by atoms with Gasteiger partial charge in [-0.1, -0.05) is 0 Å². The van der Waals surface area contributed by atoms with Crippen LogP contribution in [0.5, 0.6) is 0 Å². The van der Waals surface area contributed by atoms with Gasteiger partial charge in [0.25, 0.3) is 0 Å². The number of carbonyl (C=O) groups excluding carboxylic acids is 1. The number of hydrogen-bond acceptors (Lipinski definition) is 2. The predicted molar refractivity (Wildman–Crippen MR) is 137 cm³/mol. The molecule has 5 heteroatoms. The topological polar surface area (TPSA) is 26.3 Å². The summed E-state index contributed by atoms with van der Waals surface area (Å²) in [6, 6.07) is 36.3. The first-order valence-corrected chi connectivity index (χ1v) is 16.4. The standard InChI is InChI=1S/C26H24BrO2PSe/c1-2-29-26(28)25-19-18-24(31-25)20-30(27,21-12-6-3-7-13-21,22-14-8-4-9-15-22)23-16-10-5-11-17-23/h3-19H,2,20H2,1H3. The van der Waals surface area contributed by atoms with Gasteiger partial charge in [0.05, 0.1) is 0 Å². The average molecular weight is 558 g/mol. The monoisotopic (exact) mass is 558 g/mol. The fourth-order valence-electron chi connectivity index (χ4n) is 4.01. The molecule has 4 rings (SSSR count). The third-order valence-corrected chi connectivity index (χ3v) is 17.7. The quantitative estimate of drug-likeness (QED) is 0.176. The summed E-state index contributed by atoms with van der Waals surface area (Å²) in [5.74, 6) is -0.192. The van der Waals surface area contributed by atoms with Crippen molar-refractivity contribution in [2.75, 3.05) is 6.61 Å². The van der Waals surface area contributed by atoms with Crippen LogP contribution in [0.2, 0.25) is 0 Å². The zero-order valence-corrected chi connectivity index (χ0v) is 21.5. The Bertz CT molecular complexity index is 1060. The van der Waals surface area contributed by atoms with Crippen molar-refractivity contribution in [2.24, 2.45) is 0 Å². The molecule has 0 aliphatic carbocycles. The van der Waals surface area contributed by atoms with Gasteiger partial charge in [-0.05, 0) is 0 Å². The number of carbonyl (C=O) groups is 1. The molecule has 0 saturated heterocycles. The van der Waals surface area contributed by atoms with Crippen molar-refractivity contribution in [1.29, 1.82) is 0 Å². The Balaban J connectivity index is 1.96. The van der Waals surface area contributed by atoms with Crippen molar-refractivity contribution in [2.45, 2.75) is 13.1 Å². The molecule has 31 heavy (non-hydrogen) atoms. The minimum atomic E-state index is -3.01. The molecule has 3 aromatic carbocycles. The molecule has 0 amide bonds. The van der Waals surface area contributed by atoms with Crippen molar-refractivity contribution in [3.63, 3.8) is 0 Å². The van der Waals surface area contributed by atoms with E-state index in [2.05, 4.69) is 113 Å². The van der Waals surface area contributed by atoms with Crippen LogP contribution in [0.4, 0.5) is 0 Å². The van der Waals surface area contributed by atoms with Gasteiger partial charge < -0.3 is 0 Å². The molecule has 0 unspecified atom stereocenters. The van der Waals surface area contributed by atoms with Crippen LogP contribution in [-0.4, -0.2) is 27.1 Å². The van der Waals surface area contributed by atoms with E-state index in [1.807, 2.05) is 13.0 Å². The molecule has 0 aliphatic heterocycles. The van der Waals surface area contributed by atoms with Crippen LogP contribution in [0.3, 0.4) is 0 Å². The summed E-state index contributed by atoms with van der Waals surface area (Å²) in [5, 5.41) is 0.838. The van der Waals surface area contributed by atoms with Crippen molar-refractivity contribution < 1.29 is 9.53 Å². The SMILES string of the molecule is CCOC(=O)c1ccc(CP(Br)(c2ccccc2)(c2ccccc2)c2ccccc2)[se]1. The summed E-state index contributed by atoms with van der Waals surface area (Å²) in [5.41, 5.74) is 0. The summed E-state index contributed by atoms with van der Waals surface area (Å²) >= 11 is 4.42. The Kier molecular flexibility index (Phi) is 6.65. The van der Waals surface area contributed by atoms with Crippen LogP contribution in [0.15, 0.2) is 103 Å². The van der Waals surface area contributed by atoms with Gasteiger partial charge in [-0.2, -0.15) is 0 Å². The van der Waals surface area contributed by atoms with Gasteiger partial charge >= 0.3 is 198 Å². The second-order valence-corrected chi connectivity index (χ2v) is 18.7. The maximum atomic E-state index is 12.3. The molecule has 0 atom stereocenters. The van der Waals surface area contributed by atoms with Gasteiger partial charge in [0.1, 0.15) is 0 Å². The molecule has 0 saturated carbocycles. The molecule has 4 aromatic rings. The normalized spacial score (nSPS) is 12.6. The molecule has 1 aromatic heterocycles. The number of halogens is 1. The number of hydrogen-bond donors (Lipinski definition) is 0. The minimum absolute atomic E-state index is 0.0541. The van der Waals surface area contributed by atoms with Crippen molar-refractivity contribution >= 4 is 57.2 Å². The van der Waals surface area contributed by atoms with E-state index in [0.29, 0.717) is 6.61 Å². The second-order valence-electron chi connectivity index (χ2n) is 7.33. The fraction of sp³-hybridized carbons (Fsp3) is 0.115. The van der Waals surface area contributed by atoms with E-state index in [1.54, 1.807) is 0 Å². The van der Waals surface area contributed by atoms with Crippen LogP contribution in [0, 0.1) is 0 Å². The van der Waals surface area contributed by atoms with Crippen LogP contribution in [-0.2, 0) is 10.9 Å². The molecule has 0 bridgehead atoms. The molecule has 2 nitrogen and oxygen atoms in total. The molecule has 0 radical (unpaired) electrons. The Morgan fingerprint density at radius 3 is 1.65 bits per heavy atom. The summed E-state index contributed by atoms with van der Waals surface area (Å²) in [6.45, 7) is 2.25. The van der Waals surface area contributed by atoms with Gasteiger partial charge in [0.15, 0.2) is 0 Å². The summed E-state index contributed by atoms with van der Waals surface area (Å²) in [6.07, 6.45) is 0.836. The van der Waals surface area contributed by atoms with Crippen LogP contribution in [0.1, 0.15) is 20.6 Å². The molecule has 0 N–H and O–H groups in total. The van der Waals surface area contributed by atoms with Crippen LogP contribution < -0.4 is 15.9 Å². The first kappa shape index (κ1) is 22.2. The van der Waals surface area contributed by atoms with Gasteiger partial charge in [0, 0.05) is 0 Å². The Labute approximate surface area is 197 Å². The summed E-state index contributed by atoms with van der Waals surface area (Å²) in [4.78, 5) is 12.3. The average Bonchev–Trinajstić information content (AvgIpc) is 3.29. The predicted octanol–water partition coefficient (Wildman–Crippen LogP) is 5.26. The molecular weight excluding hydrogens is 534 g/mol. The molecule has 1 heterocycles. The first-order chi connectivity index (χ1) is 15.1. The van der Waals surface area contributed by atoms with E-state index in [9.17, 15) is 4.79 Å². The Morgan fingerprint density at radius 2 is 1.23 bits per heavy atom. The Morgan fingerprint density at radius 1 is 0.774 bits per heavy atom. The first-order valence-electron chi connectivity index (χ1n) is 10.2. The second kappa shape index (κ2) is 9.26. The van der Waals surface area contributed by atoms with E-state index in [1.165, 1.54) is 20.4 Å². The molecule has 0 aliphatic rings. The van der Waals surface area contributed by atoms with Gasteiger partial charge in [-0.15, -0.1) is 0 Å². The molecule has 158 valence electrons. The van der Waals surface area contributed by atoms with Gasteiger partial charge in [-0.25, -0.2) is 0 Å². The number of ether oxygens (including phenoxy) is 1. The molecule has 0 fully saturated rings. The van der Waals surface area contributed by atoms with E-state index in [-0.39, 0.29) is 20.5 Å². The molecule has 0 spiro atoms. The van der Waals surface area contributed by atoms with Crippen LogP contribution in [0.25, 0.3) is 0 Å². The van der Waals surface area contributed by atoms with Crippen LogP contribution >= 0.6 is 20.8 Å². The summed E-state index contributed by atoms with van der Waals surface area (Å²) in [7, 11) is 0. The maximum absolute atomic E-state index is 12.3. The zero-order chi connectivity index (χ0) is 21.8. The summed E-state index contributed by atoms with van der Waals surface area (Å²) < 4.78 is 7.34. The van der Waals surface area contributed by atoms with E-state index in [4.69, 9.17) is 4.74 Å². The van der Waals surface area contributed by atoms with Crippen molar-refractivity contribution in [3.8, 4) is 0 Å². The fourth-order valence-corrected chi connectivity index (χ4v) is 16.1. The zero-order valence-electron chi connectivity index (χ0n) is 17.3. The number of benzene rings is 3. The van der Waals surface area contributed by atoms with E-state index in [0.717, 1.165) is 10.6 Å². The van der Waals surface area contributed by atoms with Gasteiger partial charge in [0.2, 0.25) is 0 Å². The van der Waals surface area contributed by atoms with Crippen molar-refractivity contribution in [3.05, 3.63) is 112 Å². The molecular formula is C26H24BrO2PSe.